The number of nitrogens with one attached hydrogen (secondary N) is 1. The summed E-state index contributed by atoms with van der Waals surface area (Å²) in [6.45, 7) is 1.01. The third-order valence-electron chi connectivity index (χ3n) is 2.31. The van der Waals surface area contributed by atoms with Crippen molar-refractivity contribution in [1.29, 1.82) is 0 Å². The summed E-state index contributed by atoms with van der Waals surface area (Å²) in [5.74, 6) is 0. The van der Waals surface area contributed by atoms with Crippen molar-refractivity contribution in [2.75, 3.05) is 6.54 Å². The lowest BCUT2D eigenvalue weighted by molar-refractivity contribution is -0.384. The maximum Gasteiger partial charge on any atom is 0.269 e. The van der Waals surface area contributed by atoms with Gasteiger partial charge in [0.05, 0.1) is 4.92 Å². The van der Waals surface area contributed by atoms with Crippen LogP contribution in [0.1, 0.15) is 18.0 Å². The molecule has 0 unspecified atom stereocenters. The van der Waals surface area contributed by atoms with Crippen molar-refractivity contribution in [1.82, 2.24) is 5.32 Å². The van der Waals surface area contributed by atoms with Crippen molar-refractivity contribution in [2.24, 2.45) is 0 Å². The van der Waals surface area contributed by atoms with Crippen LogP contribution < -0.4 is 5.32 Å². The van der Waals surface area contributed by atoms with Gasteiger partial charge < -0.3 is 5.32 Å². The Morgan fingerprint density at radius 2 is 2.21 bits per heavy atom. The topological polar surface area (TPSA) is 55.2 Å². The van der Waals surface area contributed by atoms with Gasteiger partial charge in [0.2, 0.25) is 0 Å². The molecule has 1 aromatic rings. The first-order valence-electron chi connectivity index (χ1n) is 4.25. The van der Waals surface area contributed by atoms with E-state index in [0.29, 0.717) is 6.04 Å². The second kappa shape index (κ2) is 4.39. The van der Waals surface area contributed by atoms with Crippen LogP contribution in [0.4, 0.5) is 5.69 Å². The molecule has 5 heteroatoms. The molecule has 1 N–H and O–H groups in total. The number of non-ortho nitro benzene ring substituents is 1. The molecule has 0 radical (unpaired) electrons. The number of halogens is 1. The third-order valence-corrected chi connectivity index (χ3v) is 2.31. The Morgan fingerprint density at radius 1 is 1.50 bits per heavy atom. The number of benzene rings is 1. The molecule has 1 heterocycles. The summed E-state index contributed by atoms with van der Waals surface area (Å²) >= 11 is 0. The van der Waals surface area contributed by atoms with E-state index in [2.05, 4.69) is 5.32 Å². The maximum absolute atomic E-state index is 10.5. The summed E-state index contributed by atoms with van der Waals surface area (Å²) in [5.41, 5.74) is 1.19. The van der Waals surface area contributed by atoms with E-state index in [1.54, 1.807) is 12.1 Å². The van der Waals surface area contributed by atoms with Crippen LogP contribution in [0.15, 0.2) is 24.3 Å². The molecule has 0 aromatic heterocycles. The molecule has 1 aromatic carbocycles. The fourth-order valence-electron chi connectivity index (χ4n) is 1.43. The van der Waals surface area contributed by atoms with Crippen LogP contribution in [-0.2, 0) is 0 Å². The highest BCUT2D eigenvalue weighted by Crippen LogP contribution is 2.25. The van der Waals surface area contributed by atoms with Gasteiger partial charge in [-0.2, -0.15) is 0 Å². The molecule has 1 aliphatic rings. The first-order valence-corrected chi connectivity index (χ1v) is 4.25. The third kappa shape index (κ3) is 2.02. The Labute approximate surface area is 87.9 Å². The van der Waals surface area contributed by atoms with Gasteiger partial charge in [-0.25, -0.2) is 0 Å². The minimum atomic E-state index is -0.359. The van der Waals surface area contributed by atoms with E-state index < -0.39 is 0 Å². The Kier molecular flexibility index (Phi) is 3.43. The minimum Gasteiger partial charge on any atom is -0.310 e. The van der Waals surface area contributed by atoms with Crippen LogP contribution >= 0.6 is 12.4 Å². The monoisotopic (exact) mass is 214 g/mol. The van der Waals surface area contributed by atoms with E-state index in [1.165, 1.54) is 6.07 Å². The summed E-state index contributed by atoms with van der Waals surface area (Å²) in [7, 11) is 0. The largest absolute Gasteiger partial charge is 0.310 e. The van der Waals surface area contributed by atoms with Crippen molar-refractivity contribution in [3.05, 3.63) is 39.9 Å². The summed E-state index contributed by atoms with van der Waals surface area (Å²) < 4.78 is 0. The van der Waals surface area contributed by atoms with Crippen molar-refractivity contribution < 1.29 is 4.92 Å². The van der Waals surface area contributed by atoms with Gasteiger partial charge >= 0.3 is 0 Å². The summed E-state index contributed by atoms with van der Waals surface area (Å²) in [6.07, 6.45) is 1.07. The van der Waals surface area contributed by atoms with Crippen molar-refractivity contribution in [2.45, 2.75) is 12.5 Å². The van der Waals surface area contributed by atoms with Gasteiger partial charge in [0.25, 0.3) is 5.69 Å². The summed E-state index contributed by atoms with van der Waals surface area (Å²) in [6, 6.07) is 7.12. The average molecular weight is 215 g/mol. The summed E-state index contributed by atoms with van der Waals surface area (Å²) in [4.78, 5) is 10.1. The van der Waals surface area contributed by atoms with E-state index >= 15 is 0 Å². The zero-order valence-electron chi connectivity index (χ0n) is 7.47. The molecular formula is C9H11ClN2O2. The molecule has 1 aliphatic heterocycles. The van der Waals surface area contributed by atoms with Crippen molar-refractivity contribution in [3.63, 3.8) is 0 Å². The molecule has 0 bridgehead atoms. The molecule has 2 rings (SSSR count). The molecule has 1 fully saturated rings. The molecule has 4 nitrogen and oxygen atoms in total. The number of nitro benzene ring substituents is 1. The van der Waals surface area contributed by atoms with Crippen LogP contribution in [0.25, 0.3) is 0 Å². The number of hydrogen-bond donors (Lipinski definition) is 1. The predicted molar refractivity (Wildman–Crippen MR) is 55.7 cm³/mol. The van der Waals surface area contributed by atoms with Gasteiger partial charge in [0.15, 0.2) is 0 Å². The lowest BCUT2D eigenvalue weighted by Crippen LogP contribution is -2.34. The smallest absolute Gasteiger partial charge is 0.269 e. The van der Waals surface area contributed by atoms with Gasteiger partial charge in [0, 0.05) is 18.2 Å². The van der Waals surface area contributed by atoms with Gasteiger partial charge in [-0.05, 0) is 18.5 Å². The van der Waals surface area contributed by atoms with E-state index in [1.807, 2.05) is 6.07 Å². The second-order valence-corrected chi connectivity index (χ2v) is 3.15. The SMILES string of the molecule is Cl.O=[N+]([O-])c1cccc([C@@H]2CCN2)c1. The molecular weight excluding hydrogens is 204 g/mol. The molecule has 76 valence electrons. The van der Waals surface area contributed by atoms with Crippen LogP contribution in [0.3, 0.4) is 0 Å². The minimum absolute atomic E-state index is 0. The standard InChI is InChI=1S/C9H10N2O2.ClH/c12-11(13)8-3-1-2-7(6-8)9-4-5-10-9;/h1-3,6,9-10H,4-5H2;1H/t9-;/m0./s1. The first kappa shape index (κ1) is 10.9. The number of nitro groups is 1. The fraction of sp³-hybridized carbons (Fsp3) is 0.333. The normalized spacial score (nSPS) is 19.3. The fourth-order valence-corrected chi connectivity index (χ4v) is 1.43. The zero-order chi connectivity index (χ0) is 9.26. The molecule has 14 heavy (non-hydrogen) atoms. The molecule has 1 saturated heterocycles. The predicted octanol–water partition coefficient (Wildman–Crippen LogP) is 2.05. The Balaban J connectivity index is 0.000000980. The molecule has 0 saturated carbocycles. The first-order chi connectivity index (χ1) is 6.27. The average Bonchev–Trinajstić information content (AvgIpc) is 2.01. The number of nitrogens with zero attached hydrogens (tertiary/aromatic N) is 1. The van der Waals surface area contributed by atoms with E-state index in [4.69, 9.17) is 0 Å². The highest BCUT2D eigenvalue weighted by atomic mass is 35.5. The van der Waals surface area contributed by atoms with Crippen molar-refractivity contribution in [3.8, 4) is 0 Å². The van der Waals surface area contributed by atoms with Gasteiger partial charge in [-0.15, -0.1) is 12.4 Å². The Bertz CT molecular complexity index is 339. The molecule has 1 atom stereocenters. The van der Waals surface area contributed by atoms with Crippen LogP contribution in [-0.4, -0.2) is 11.5 Å². The van der Waals surface area contributed by atoms with Crippen LogP contribution in [0.2, 0.25) is 0 Å². The van der Waals surface area contributed by atoms with Crippen molar-refractivity contribution >= 4 is 18.1 Å². The lowest BCUT2D eigenvalue weighted by Gasteiger charge is -2.27. The molecule has 0 amide bonds. The van der Waals surface area contributed by atoms with Gasteiger partial charge in [-0.1, -0.05) is 12.1 Å². The molecule has 0 spiro atoms. The highest BCUT2D eigenvalue weighted by Gasteiger charge is 2.19. The quantitative estimate of drug-likeness (QED) is 0.606. The van der Waals surface area contributed by atoms with Gasteiger partial charge in [-0.3, -0.25) is 10.1 Å². The Morgan fingerprint density at radius 3 is 2.71 bits per heavy atom. The highest BCUT2D eigenvalue weighted by molar-refractivity contribution is 5.85. The molecule has 0 aliphatic carbocycles. The van der Waals surface area contributed by atoms with Crippen LogP contribution in [0, 0.1) is 10.1 Å². The van der Waals surface area contributed by atoms with Gasteiger partial charge in [0.1, 0.15) is 0 Å². The lowest BCUT2D eigenvalue weighted by atomic mass is 9.98. The number of hydrogen-bond acceptors (Lipinski definition) is 3. The zero-order valence-corrected chi connectivity index (χ0v) is 8.29. The van der Waals surface area contributed by atoms with E-state index in [0.717, 1.165) is 18.5 Å². The van der Waals surface area contributed by atoms with E-state index in [9.17, 15) is 10.1 Å². The second-order valence-electron chi connectivity index (χ2n) is 3.15. The number of rotatable bonds is 2. The maximum atomic E-state index is 10.5. The van der Waals surface area contributed by atoms with Crippen LogP contribution in [0.5, 0.6) is 0 Å². The summed E-state index contributed by atoms with van der Waals surface area (Å²) in [5, 5.41) is 13.7. The Hall–Kier alpha value is -1.13. The van der Waals surface area contributed by atoms with E-state index in [-0.39, 0.29) is 23.0 Å².